The van der Waals surface area contributed by atoms with Crippen LogP contribution in [-0.4, -0.2) is 4.98 Å². The van der Waals surface area contributed by atoms with Crippen molar-refractivity contribution in [3.8, 4) is 22.3 Å². The van der Waals surface area contributed by atoms with Gasteiger partial charge in [-0.25, -0.2) is 4.98 Å². The summed E-state index contributed by atoms with van der Waals surface area (Å²) >= 11 is 0. The summed E-state index contributed by atoms with van der Waals surface area (Å²) in [5.74, 6) is 0. The summed E-state index contributed by atoms with van der Waals surface area (Å²) in [6.45, 7) is 0. The molecule has 216 valence electrons. The van der Waals surface area contributed by atoms with E-state index < -0.39 is 0 Å². The van der Waals surface area contributed by atoms with Crippen LogP contribution in [-0.2, 0) is 0 Å². The molecule has 3 nitrogen and oxygen atoms in total. The van der Waals surface area contributed by atoms with Crippen molar-refractivity contribution >= 4 is 60.7 Å². The Labute approximate surface area is 266 Å². The molecule has 9 aromatic rings. The van der Waals surface area contributed by atoms with E-state index in [-0.39, 0.29) is 0 Å². The maximum Gasteiger partial charge on any atom is 0.227 e. The van der Waals surface area contributed by atoms with Gasteiger partial charge in [0.05, 0.1) is 0 Å². The number of hydrogen-bond donors (Lipinski definition) is 0. The minimum atomic E-state index is 0.658. The van der Waals surface area contributed by atoms with Crippen molar-refractivity contribution in [3.63, 3.8) is 0 Å². The third-order valence-electron chi connectivity index (χ3n) is 8.89. The molecule has 2 heterocycles. The Hall–Kier alpha value is -6.19. The number of nitrogens with zero attached hydrogens (tertiary/aromatic N) is 2. The molecule has 0 unspecified atom stereocenters. The van der Waals surface area contributed by atoms with E-state index in [0.29, 0.717) is 5.71 Å². The highest BCUT2D eigenvalue weighted by Gasteiger charge is 2.18. The van der Waals surface area contributed by atoms with Crippen LogP contribution in [0.4, 0.5) is 17.1 Å². The number of benzene rings is 7. The third-order valence-corrected chi connectivity index (χ3v) is 8.89. The number of furan rings is 1. The van der Waals surface area contributed by atoms with Crippen LogP contribution in [0.15, 0.2) is 174 Å². The van der Waals surface area contributed by atoms with Crippen molar-refractivity contribution in [2.75, 3.05) is 4.90 Å². The summed E-state index contributed by atoms with van der Waals surface area (Å²) in [6.07, 6.45) is 1.78. The van der Waals surface area contributed by atoms with E-state index in [1.165, 1.54) is 33.0 Å². The topological polar surface area (TPSA) is 29.3 Å². The summed E-state index contributed by atoms with van der Waals surface area (Å²) in [4.78, 5) is 6.85. The van der Waals surface area contributed by atoms with Crippen LogP contribution in [0.3, 0.4) is 0 Å². The van der Waals surface area contributed by atoms with E-state index in [4.69, 9.17) is 4.42 Å². The second-order valence-corrected chi connectivity index (χ2v) is 11.6. The summed E-state index contributed by atoms with van der Waals surface area (Å²) in [7, 11) is 0. The van der Waals surface area contributed by atoms with E-state index in [9.17, 15) is 0 Å². The normalized spacial score (nSPS) is 11.5. The Morgan fingerprint density at radius 1 is 0.413 bits per heavy atom. The number of pyridine rings is 1. The lowest BCUT2D eigenvalue weighted by atomic mass is 9.97. The summed E-state index contributed by atoms with van der Waals surface area (Å²) in [5, 5.41) is 6.76. The highest BCUT2D eigenvalue weighted by molar-refractivity contribution is 6.15. The van der Waals surface area contributed by atoms with Gasteiger partial charge in [0.15, 0.2) is 0 Å². The van der Waals surface area contributed by atoms with Gasteiger partial charge in [0.1, 0.15) is 5.58 Å². The quantitative estimate of drug-likeness (QED) is 0.200. The van der Waals surface area contributed by atoms with Crippen LogP contribution in [0.25, 0.3) is 65.9 Å². The van der Waals surface area contributed by atoms with Crippen molar-refractivity contribution in [3.05, 3.63) is 170 Å². The van der Waals surface area contributed by atoms with Gasteiger partial charge >= 0.3 is 0 Å². The summed E-state index contributed by atoms with van der Waals surface area (Å²) < 4.78 is 6.38. The predicted molar refractivity (Wildman–Crippen MR) is 192 cm³/mol. The second kappa shape index (κ2) is 10.8. The predicted octanol–water partition coefficient (Wildman–Crippen LogP) is 12.1. The molecule has 0 N–H and O–H groups in total. The molecule has 0 atom stereocenters. The van der Waals surface area contributed by atoms with Gasteiger partial charge in [-0.3, -0.25) is 0 Å². The largest absolute Gasteiger partial charge is 0.437 e. The van der Waals surface area contributed by atoms with E-state index in [1.807, 2.05) is 6.07 Å². The smallest absolute Gasteiger partial charge is 0.227 e. The zero-order chi connectivity index (χ0) is 30.5. The van der Waals surface area contributed by atoms with Crippen LogP contribution in [0, 0.1) is 0 Å². The van der Waals surface area contributed by atoms with Gasteiger partial charge in [0.2, 0.25) is 5.71 Å². The van der Waals surface area contributed by atoms with Crippen LogP contribution in [0.1, 0.15) is 0 Å². The van der Waals surface area contributed by atoms with Gasteiger partial charge in [0, 0.05) is 39.4 Å². The second-order valence-electron chi connectivity index (χ2n) is 11.6. The molecular weight excluding hydrogens is 560 g/mol. The molecule has 0 bridgehead atoms. The van der Waals surface area contributed by atoms with Crippen LogP contribution in [0.2, 0.25) is 0 Å². The highest BCUT2D eigenvalue weighted by Crippen LogP contribution is 2.42. The van der Waals surface area contributed by atoms with E-state index in [1.54, 1.807) is 6.20 Å². The number of hydrogen-bond acceptors (Lipinski definition) is 3. The maximum atomic E-state index is 6.38. The number of rotatable bonds is 5. The molecule has 3 heteroatoms. The Morgan fingerprint density at radius 2 is 1.07 bits per heavy atom. The maximum absolute atomic E-state index is 6.38. The van der Waals surface area contributed by atoms with Crippen LogP contribution >= 0.6 is 0 Å². The molecule has 0 aliphatic carbocycles. The monoisotopic (exact) mass is 588 g/mol. The lowest BCUT2D eigenvalue weighted by Crippen LogP contribution is -2.10. The van der Waals surface area contributed by atoms with Gasteiger partial charge in [0.25, 0.3) is 0 Å². The van der Waals surface area contributed by atoms with Crippen molar-refractivity contribution in [2.45, 2.75) is 0 Å². The molecule has 0 radical (unpaired) electrons. The zero-order valence-corrected chi connectivity index (χ0v) is 25.0. The van der Waals surface area contributed by atoms with Crippen LogP contribution in [0.5, 0.6) is 0 Å². The fourth-order valence-electron chi connectivity index (χ4n) is 6.71. The average Bonchev–Trinajstić information content (AvgIpc) is 3.52. The van der Waals surface area contributed by atoms with Crippen molar-refractivity contribution in [1.82, 2.24) is 4.98 Å². The van der Waals surface area contributed by atoms with Crippen molar-refractivity contribution in [2.24, 2.45) is 0 Å². The Balaban J connectivity index is 1.27. The van der Waals surface area contributed by atoms with Gasteiger partial charge < -0.3 is 9.32 Å². The fourth-order valence-corrected chi connectivity index (χ4v) is 6.71. The van der Waals surface area contributed by atoms with Gasteiger partial charge in [-0.1, -0.05) is 109 Å². The first-order valence-corrected chi connectivity index (χ1v) is 15.5. The molecule has 0 saturated heterocycles. The minimum absolute atomic E-state index is 0.658. The number of anilines is 3. The van der Waals surface area contributed by atoms with Crippen molar-refractivity contribution < 1.29 is 4.42 Å². The van der Waals surface area contributed by atoms with Crippen LogP contribution < -0.4 is 4.90 Å². The molecule has 0 spiro atoms. The molecule has 0 aliphatic heterocycles. The average molecular weight is 589 g/mol. The SMILES string of the molecule is c1ccc(-c2cccc(N(c3cccc(-c4cccc5ccccc45)c3)c3ccc4ccc5c6cccnc6oc5c4c3)c2)cc1. The molecule has 9 rings (SSSR count). The fraction of sp³-hybridized carbons (Fsp3) is 0. The number of aromatic nitrogens is 1. The molecule has 7 aromatic carbocycles. The first-order chi connectivity index (χ1) is 22.8. The van der Waals surface area contributed by atoms with E-state index in [0.717, 1.165) is 44.2 Å². The Bertz CT molecular complexity index is 2540. The Morgan fingerprint density at radius 3 is 1.96 bits per heavy atom. The number of fused-ring (bicyclic) bond motifs is 6. The van der Waals surface area contributed by atoms with E-state index in [2.05, 4.69) is 168 Å². The summed E-state index contributed by atoms with van der Waals surface area (Å²) in [6, 6.07) is 58.3. The van der Waals surface area contributed by atoms with Gasteiger partial charge in [-0.2, -0.15) is 0 Å². The molecule has 0 fully saturated rings. The molecule has 46 heavy (non-hydrogen) atoms. The molecule has 2 aromatic heterocycles. The first-order valence-electron chi connectivity index (χ1n) is 15.5. The van der Waals surface area contributed by atoms with Gasteiger partial charge in [-0.05, 0) is 93.0 Å². The van der Waals surface area contributed by atoms with Crippen molar-refractivity contribution in [1.29, 1.82) is 0 Å². The minimum Gasteiger partial charge on any atom is -0.437 e. The molecule has 0 amide bonds. The molecular formula is C43H28N2O. The molecule has 0 saturated carbocycles. The molecule has 0 aliphatic rings. The first kappa shape index (κ1) is 26.2. The third kappa shape index (κ3) is 4.41. The van der Waals surface area contributed by atoms with Gasteiger partial charge in [-0.15, -0.1) is 0 Å². The lowest BCUT2D eigenvalue weighted by molar-refractivity contribution is 0.657. The highest BCUT2D eigenvalue weighted by atomic mass is 16.3. The summed E-state index contributed by atoms with van der Waals surface area (Å²) in [5.41, 5.74) is 9.46. The zero-order valence-electron chi connectivity index (χ0n) is 25.0. The Kier molecular flexibility index (Phi) is 6.14. The van der Waals surface area contributed by atoms with E-state index >= 15 is 0 Å². The standard InChI is InChI=1S/C43H28N2O/c1-2-10-29(11-3-1)32-14-6-16-34(26-32)45(35-17-7-15-33(27-35)38-19-8-13-30-12-4-5-18-37(30)38)36-23-21-31-22-24-39-40-20-9-25-44-43(40)46-42(39)41(31)28-36/h1-28H. The lowest BCUT2D eigenvalue weighted by Gasteiger charge is -2.27.